The Morgan fingerprint density at radius 1 is 1.24 bits per heavy atom. The normalized spacial score (nSPS) is 31.6. The van der Waals surface area contributed by atoms with Crippen molar-refractivity contribution in [3.8, 4) is 0 Å². The van der Waals surface area contributed by atoms with Gasteiger partial charge >= 0.3 is 6.18 Å². The third kappa shape index (κ3) is 4.19. The first-order valence-corrected chi connectivity index (χ1v) is 11.3. The van der Waals surface area contributed by atoms with Crippen LogP contribution in [0.5, 0.6) is 0 Å². The fraction of sp³-hybridized carbons (Fsp3) is 0.591. The standard InChI is InChI=1S/C22H26F3N2OP/c1-12(27-29-20(28)11-15-10-14-7-8-16(15)13(14)2)9-18-17-5-3-4-6-19(17)26-21(18)22(23,24)25/h3-6,13-16,18,29H,7-11H2,1-2H3/b27-12+/t13-,14?,15?,16?,18?/m1/s1. The number of para-hydroxylation sites is 1. The van der Waals surface area contributed by atoms with E-state index >= 15 is 0 Å². The van der Waals surface area contributed by atoms with Crippen molar-refractivity contribution in [2.75, 3.05) is 0 Å². The van der Waals surface area contributed by atoms with Crippen LogP contribution in [0.4, 0.5) is 18.9 Å². The number of hydrogen-bond donors (Lipinski definition) is 0. The van der Waals surface area contributed by atoms with Crippen LogP contribution in [-0.4, -0.2) is 23.1 Å². The van der Waals surface area contributed by atoms with Crippen LogP contribution >= 0.6 is 8.73 Å². The van der Waals surface area contributed by atoms with E-state index in [4.69, 9.17) is 0 Å². The molecule has 3 nitrogen and oxygen atoms in total. The van der Waals surface area contributed by atoms with E-state index in [1.54, 1.807) is 31.2 Å². The topological polar surface area (TPSA) is 41.8 Å². The molecule has 0 spiro atoms. The lowest BCUT2D eigenvalue weighted by atomic mass is 9.86. The Hall–Kier alpha value is -1.55. The number of aliphatic imine (C=N–C) groups is 1. The minimum absolute atomic E-state index is 0.130. The van der Waals surface area contributed by atoms with E-state index in [2.05, 4.69) is 16.7 Å². The van der Waals surface area contributed by atoms with Gasteiger partial charge in [-0.15, -0.1) is 0 Å². The van der Waals surface area contributed by atoms with Gasteiger partial charge in [-0.2, -0.15) is 13.2 Å². The predicted molar refractivity (Wildman–Crippen MR) is 111 cm³/mol. The van der Waals surface area contributed by atoms with E-state index in [9.17, 15) is 18.0 Å². The molecule has 7 heteroatoms. The maximum Gasteiger partial charge on any atom is 0.430 e. The summed E-state index contributed by atoms with van der Waals surface area (Å²) in [5.41, 5.74) is 0.905. The zero-order valence-electron chi connectivity index (χ0n) is 16.7. The van der Waals surface area contributed by atoms with Crippen LogP contribution in [0.1, 0.15) is 57.4 Å². The Bertz CT molecular complexity index is 864. The molecule has 1 aliphatic heterocycles. The molecule has 2 aliphatic carbocycles. The molecule has 156 valence electrons. The summed E-state index contributed by atoms with van der Waals surface area (Å²) in [4.78, 5) is 16.3. The highest BCUT2D eigenvalue weighted by atomic mass is 31.1. The first kappa shape index (κ1) is 20.7. The minimum Gasteiger partial charge on any atom is -0.293 e. The predicted octanol–water partition coefficient (Wildman–Crippen LogP) is 6.46. The maximum absolute atomic E-state index is 13.4. The highest BCUT2D eigenvalue weighted by Crippen LogP contribution is 2.54. The molecule has 0 amide bonds. The molecule has 1 heterocycles. The van der Waals surface area contributed by atoms with Gasteiger partial charge in [0.25, 0.3) is 0 Å². The minimum atomic E-state index is -4.47. The average molecular weight is 422 g/mol. The number of fused-ring (bicyclic) bond motifs is 3. The van der Waals surface area contributed by atoms with Crippen molar-refractivity contribution in [3.05, 3.63) is 29.8 Å². The van der Waals surface area contributed by atoms with E-state index in [0.717, 1.165) is 18.3 Å². The van der Waals surface area contributed by atoms with Crippen LogP contribution in [0.2, 0.25) is 0 Å². The Morgan fingerprint density at radius 3 is 2.66 bits per heavy atom. The number of rotatable bonds is 6. The third-order valence-corrected chi connectivity index (χ3v) is 7.94. The van der Waals surface area contributed by atoms with Crippen LogP contribution in [0.25, 0.3) is 0 Å². The maximum atomic E-state index is 13.4. The molecule has 2 saturated carbocycles. The SMILES string of the molecule is C/C(CC1C(C(F)(F)F)=Nc2ccccc21)=N\PC(=O)CC1CC2CCC1[C@@H]2C. The molecular formula is C22H26F3N2OP. The molecular weight excluding hydrogens is 396 g/mol. The average Bonchev–Trinajstić information content (AvgIpc) is 3.30. The summed E-state index contributed by atoms with van der Waals surface area (Å²) < 4.78 is 44.7. The lowest BCUT2D eigenvalue weighted by molar-refractivity contribution is -0.112. The zero-order valence-corrected chi connectivity index (χ0v) is 17.7. The van der Waals surface area contributed by atoms with Gasteiger partial charge in [-0.05, 0) is 67.9 Å². The number of halogens is 3. The molecule has 0 saturated heterocycles. The molecule has 0 aromatic heterocycles. The molecule has 1 aromatic rings. The van der Waals surface area contributed by atoms with E-state index in [0.29, 0.717) is 35.2 Å². The van der Waals surface area contributed by atoms with Crippen molar-refractivity contribution in [2.45, 2.75) is 58.0 Å². The second-order valence-electron chi connectivity index (χ2n) is 8.75. The molecule has 0 radical (unpaired) electrons. The van der Waals surface area contributed by atoms with Crippen LogP contribution in [0.15, 0.2) is 34.0 Å². The number of nitrogens with zero attached hydrogens (tertiary/aromatic N) is 2. The molecule has 4 rings (SSSR count). The Kier molecular flexibility index (Phi) is 5.67. The van der Waals surface area contributed by atoms with Crippen LogP contribution in [0, 0.1) is 23.7 Å². The molecule has 1 aromatic carbocycles. The zero-order chi connectivity index (χ0) is 20.8. The first-order valence-electron chi connectivity index (χ1n) is 10.3. The van der Waals surface area contributed by atoms with E-state index in [1.807, 2.05) is 0 Å². The van der Waals surface area contributed by atoms with Gasteiger partial charge in [0, 0.05) is 18.1 Å². The fourth-order valence-electron chi connectivity index (χ4n) is 5.57. The number of benzene rings is 1. The largest absolute Gasteiger partial charge is 0.430 e. The summed E-state index contributed by atoms with van der Waals surface area (Å²) in [6, 6.07) is 6.72. The summed E-state index contributed by atoms with van der Waals surface area (Å²) in [7, 11) is -0.207. The van der Waals surface area contributed by atoms with Gasteiger partial charge in [0.05, 0.1) is 14.4 Å². The van der Waals surface area contributed by atoms with E-state index in [-0.39, 0.29) is 20.7 Å². The van der Waals surface area contributed by atoms with Crippen LogP contribution in [-0.2, 0) is 4.79 Å². The van der Waals surface area contributed by atoms with Gasteiger partial charge in [0.15, 0.2) is 5.52 Å². The molecule has 5 unspecified atom stereocenters. The van der Waals surface area contributed by atoms with Crippen molar-refractivity contribution >= 4 is 31.4 Å². The highest BCUT2D eigenvalue weighted by Gasteiger charge is 2.46. The number of carbonyl (C=O) groups excluding carboxylic acids is 1. The number of hydrogen-bond acceptors (Lipinski definition) is 3. The van der Waals surface area contributed by atoms with Gasteiger partial charge in [-0.3, -0.25) is 9.56 Å². The van der Waals surface area contributed by atoms with Crippen molar-refractivity contribution in [2.24, 2.45) is 33.4 Å². The molecule has 6 atom stereocenters. The quantitative estimate of drug-likeness (QED) is 0.383. The van der Waals surface area contributed by atoms with Gasteiger partial charge in [-0.1, -0.05) is 25.1 Å². The summed E-state index contributed by atoms with van der Waals surface area (Å²) >= 11 is 0. The van der Waals surface area contributed by atoms with Gasteiger partial charge in [-0.25, -0.2) is 4.99 Å². The van der Waals surface area contributed by atoms with E-state index in [1.165, 1.54) is 12.8 Å². The molecule has 3 aliphatic rings. The van der Waals surface area contributed by atoms with Gasteiger partial charge in [0.1, 0.15) is 5.71 Å². The summed E-state index contributed by atoms with van der Waals surface area (Å²) in [6.07, 6.45) is -0.0868. The molecule has 2 bridgehead atoms. The molecule has 29 heavy (non-hydrogen) atoms. The van der Waals surface area contributed by atoms with Crippen molar-refractivity contribution in [3.63, 3.8) is 0 Å². The van der Waals surface area contributed by atoms with Crippen molar-refractivity contribution in [1.82, 2.24) is 0 Å². The number of alkyl halides is 3. The second kappa shape index (κ2) is 7.94. The Labute approximate surface area is 171 Å². The first-order chi connectivity index (χ1) is 13.7. The lowest BCUT2D eigenvalue weighted by Crippen LogP contribution is -2.28. The second-order valence-corrected chi connectivity index (χ2v) is 9.76. The van der Waals surface area contributed by atoms with Crippen LogP contribution < -0.4 is 0 Å². The number of carbonyl (C=O) groups is 1. The van der Waals surface area contributed by atoms with Crippen LogP contribution in [0.3, 0.4) is 0 Å². The molecule has 0 N–H and O–H groups in total. The van der Waals surface area contributed by atoms with Gasteiger partial charge < -0.3 is 0 Å². The molecule has 2 fully saturated rings. The Balaban J connectivity index is 1.38. The lowest BCUT2D eigenvalue weighted by Gasteiger charge is -2.20. The Morgan fingerprint density at radius 2 is 2.00 bits per heavy atom. The summed E-state index contributed by atoms with van der Waals surface area (Å²) in [5, 5.41) is 0. The third-order valence-electron chi connectivity index (χ3n) is 6.99. The fourth-order valence-corrected chi connectivity index (χ4v) is 6.33. The summed E-state index contributed by atoms with van der Waals surface area (Å²) in [5.74, 6) is 1.79. The monoisotopic (exact) mass is 422 g/mol. The van der Waals surface area contributed by atoms with Crippen molar-refractivity contribution < 1.29 is 18.0 Å². The van der Waals surface area contributed by atoms with E-state index < -0.39 is 17.8 Å². The highest BCUT2D eigenvalue weighted by molar-refractivity contribution is 7.56. The van der Waals surface area contributed by atoms with Gasteiger partial charge in [0.2, 0.25) is 0 Å². The van der Waals surface area contributed by atoms with Crippen molar-refractivity contribution in [1.29, 1.82) is 0 Å². The smallest absolute Gasteiger partial charge is 0.293 e. The summed E-state index contributed by atoms with van der Waals surface area (Å²) in [6.45, 7) is 4.02.